The van der Waals surface area contributed by atoms with Gasteiger partial charge >= 0.3 is 0 Å². The van der Waals surface area contributed by atoms with Gasteiger partial charge in [-0.05, 0) is 70.9 Å². The van der Waals surface area contributed by atoms with Gasteiger partial charge in [-0.25, -0.2) is 0 Å². The van der Waals surface area contributed by atoms with Crippen LogP contribution in [-0.4, -0.2) is 84.4 Å². The van der Waals surface area contributed by atoms with Crippen molar-refractivity contribution < 1.29 is 9.59 Å². The molecule has 0 aromatic rings. The second kappa shape index (κ2) is 9.57. The molecule has 3 aliphatic heterocycles. The number of carbonyl (C=O) groups is 2. The molecule has 160 valence electrons. The lowest BCUT2D eigenvalue weighted by atomic mass is 9.86. The Bertz CT molecular complexity index is 553. The van der Waals surface area contributed by atoms with Gasteiger partial charge in [-0.1, -0.05) is 13.8 Å². The highest BCUT2D eigenvalue weighted by atomic mass is 16.2. The first-order valence-electron chi connectivity index (χ1n) is 11.4. The van der Waals surface area contributed by atoms with Gasteiger partial charge in [0, 0.05) is 31.7 Å². The van der Waals surface area contributed by atoms with E-state index in [2.05, 4.69) is 38.0 Å². The van der Waals surface area contributed by atoms with E-state index in [1.807, 2.05) is 4.90 Å². The van der Waals surface area contributed by atoms with Crippen molar-refractivity contribution in [2.75, 3.05) is 39.8 Å². The second-order valence-corrected chi connectivity index (χ2v) is 9.73. The zero-order valence-corrected chi connectivity index (χ0v) is 18.3. The van der Waals surface area contributed by atoms with E-state index >= 15 is 0 Å². The molecular weight excluding hydrogens is 352 g/mol. The summed E-state index contributed by atoms with van der Waals surface area (Å²) < 4.78 is 0. The van der Waals surface area contributed by atoms with E-state index in [4.69, 9.17) is 0 Å². The van der Waals surface area contributed by atoms with Crippen molar-refractivity contribution in [3.05, 3.63) is 0 Å². The molecule has 3 heterocycles. The quantitative estimate of drug-likeness (QED) is 0.751. The first kappa shape index (κ1) is 21.6. The van der Waals surface area contributed by atoms with E-state index in [1.165, 1.54) is 25.8 Å². The highest BCUT2D eigenvalue weighted by Gasteiger charge is 2.35. The minimum absolute atomic E-state index is 0.0973. The molecule has 28 heavy (non-hydrogen) atoms. The smallest absolute Gasteiger partial charge is 0.242 e. The topological polar surface area (TPSA) is 55.9 Å². The molecule has 0 radical (unpaired) electrons. The maximum Gasteiger partial charge on any atom is 0.242 e. The minimum atomic E-state index is -0.131. The predicted molar refractivity (Wildman–Crippen MR) is 112 cm³/mol. The van der Waals surface area contributed by atoms with Crippen molar-refractivity contribution in [2.24, 2.45) is 11.8 Å². The Labute approximate surface area is 171 Å². The average molecular weight is 393 g/mol. The third-order valence-corrected chi connectivity index (χ3v) is 7.00. The molecule has 0 spiro atoms. The van der Waals surface area contributed by atoms with Gasteiger partial charge < -0.3 is 20.0 Å². The molecule has 0 bridgehead atoms. The lowest BCUT2D eigenvalue weighted by molar-refractivity contribution is -0.145. The van der Waals surface area contributed by atoms with Gasteiger partial charge in [0.05, 0.1) is 12.6 Å². The molecule has 2 amide bonds. The van der Waals surface area contributed by atoms with Crippen LogP contribution in [0.2, 0.25) is 0 Å². The Hall–Kier alpha value is -1.14. The number of piperidine rings is 1. The number of amides is 2. The van der Waals surface area contributed by atoms with Crippen LogP contribution in [-0.2, 0) is 9.59 Å². The van der Waals surface area contributed by atoms with Gasteiger partial charge in [-0.2, -0.15) is 0 Å². The van der Waals surface area contributed by atoms with Gasteiger partial charge in [0.15, 0.2) is 0 Å². The summed E-state index contributed by atoms with van der Waals surface area (Å²) in [4.78, 5) is 32.0. The zero-order chi connectivity index (χ0) is 20.3. The lowest BCUT2D eigenvalue weighted by Gasteiger charge is -2.41. The van der Waals surface area contributed by atoms with Crippen molar-refractivity contribution in [3.63, 3.8) is 0 Å². The first-order valence-corrected chi connectivity index (χ1v) is 11.4. The molecule has 3 saturated heterocycles. The molecule has 3 aliphatic rings. The highest BCUT2D eigenvalue weighted by Crippen LogP contribution is 2.30. The third-order valence-electron chi connectivity index (χ3n) is 7.00. The predicted octanol–water partition coefficient (Wildman–Crippen LogP) is 1.94. The van der Waals surface area contributed by atoms with E-state index in [0.29, 0.717) is 12.5 Å². The van der Waals surface area contributed by atoms with Crippen molar-refractivity contribution in [3.8, 4) is 0 Å². The molecule has 0 aromatic carbocycles. The fourth-order valence-corrected chi connectivity index (χ4v) is 5.37. The molecule has 0 aromatic heterocycles. The summed E-state index contributed by atoms with van der Waals surface area (Å²) in [5.41, 5.74) is 0. The molecule has 1 N–H and O–H groups in total. The number of nitrogens with one attached hydrogen (secondary N) is 1. The molecule has 4 atom stereocenters. The first-order chi connectivity index (χ1) is 13.3. The van der Waals surface area contributed by atoms with Gasteiger partial charge in [0.1, 0.15) is 0 Å². The summed E-state index contributed by atoms with van der Waals surface area (Å²) in [6, 6.07) is 0.881. The van der Waals surface area contributed by atoms with Gasteiger partial charge in [-0.15, -0.1) is 0 Å². The standard InChI is InChI=1S/C22H40N4O2/c1-16(2)12-20-22(28)25(11-8-23-20)15-21(27)26-10-7-18(13-17(26)3)14-19-6-5-9-24(19)4/h16-20,23H,5-15H2,1-4H3. The van der Waals surface area contributed by atoms with Crippen LogP contribution in [0.15, 0.2) is 0 Å². The van der Waals surface area contributed by atoms with E-state index in [1.54, 1.807) is 4.90 Å². The Morgan fingerprint density at radius 2 is 2.00 bits per heavy atom. The van der Waals surface area contributed by atoms with Gasteiger partial charge in [0.25, 0.3) is 0 Å². The monoisotopic (exact) mass is 392 g/mol. The number of piperazine rings is 1. The van der Waals surface area contributed by atoms with Crippen LogP contribution >= 0.6 is 0 Å². The maximum atomic E-state index is 13.0. The SMILES string of the molecule is CC(C)CC1NCCN(CC(=O)N2CCC(CC3CCCN3C)CC2C)C1=O. The number of likely N-dealkylation sites (tertiary alicyclic amines) is 2. The van der Waals surface area contributed by atoms with Crippen molar-refractivity contribution in [1.82, 2.24) is 20.0 Å². The molecule has 4 unspecified atom stereocenters. The number of carbonyl (C=O) groups excluding carboxylic acids is 2. The van der Waals surface area contributed by atoms with E-state index < -0.39 is 0 Å². The number of hydrogen-bond donors (Lipinski definition) is 1. The van der Waals surface area contributed by atoms with Crippen molar-refractivity contribution >= 4 is 11.8 Å². The normalized spacial score (nSPS) is 32.4. The summed E-state index contributed by atoms with van der Waals surface area (Å²) in [5, 5.41) is 3.32. The zero-order valence-electron chi connectivity index (χ0n) is 18.3. The van der Waals surface area contributed by atoms with Crippen LogP contribution in [0.5, 0.6) is 0 Å². The molecule has 6 nitrogen and oxygen atoms in total. The van der Waals surface area contributed by atoms with Gasteiger partial charge in [0.2, 0.25) is 11.8 Å². The molecule has 6 heteroatoms. The second-order valence-electron chi connectivity index (χ2n) is 9.73. The van der Waals surface area contributed by atoms with Crippen LogP contribution in [0.1, 0.15) is 59.3 Å². The Kier molecular flexibility index (Phi) is 7.37. The molecular formula is C22H40N4O2. The van der Waals surface area contributed by atoms with Crippen molar-refractivity contribution in [2.45, 2.75) is 77.4 Å². The van der Waals surface area contributed by atoms with Crippen LogP contribution in [0.25, 0.3) is 0 Å². The van der Waals surface area contributed by atoms with E-state index in [0.717, 1.165) is 44.3 Å². The largest absolute Gasteiger partial charge is 0.338 e. The lowest BCUT2D eigenvalue weighted by Crippen LogP contribution is -2.58. The van der Waals surface area contributed by atoms with Crippen molar-refractivity contribution in [1.29, 1.82) is 0 Å². The van der Waals surface area contributed by atoms with E-state index in [9.17, 15) is 9.59 Å². The Morgan fingerprint density at radius 3 is 2.64 bits per heavy atom. The number of hydrogen-bond acceptors (Lipinski definition) is 4. The fourth-order valence-electron chi connectivity index (χ4n) is 5.37. The summed E-state index contributed by atoms with van der Waals surface area (Å²) in [7, 11) is 2.25. The van der Waals surface area contributed by atoms with Crippen LogP contribution in [0, 0.1) is 11.8 Å². The molecule has 0 saturated carbocycles. The average Bonchev–Trinajstić information content (AvgIpc) is 3.03. The highest BCUT2D eigenvalue weighted by molar-refractivity contribution is 5.88. The molecule has 0 aliphatic carbocycles. The number of nitrogens with zero attached hydrogens (tertiary/aromatic N) is 3. The fraction of sp³-hybridized carbons (Fsp3) is 0.909. The molecule has 3 fully saturated rings. The minimum Gasteiger partial charge on any atom is -0.338 e. The summed E-state index contributed by atoms with van der Waals surface area (Å²) in [6.45, 7) is 10.2. The summed E-state index contributed by atoms with van der Waals surface area (Å²) >= 11 is 0. The number of rotatable bonds is 6. The summed E-state index contributed by atoms with van der Waals surface area (Å²) in [6.07, 6.45) is 6.96. The molecule has 3 rings (SSSR count). The third kappa shape index (κ3) is 5.26. The van der Waals surface area contributed by atoms with Crippen LogP contribution in [0.3, 0.4) is 0 Å². The Balaban J connectivity index is 1.49. The summed E-state index contributed by atoms with van der Waals surface area (Å²) in [5.74, 6) is 1.42. The van der Waals surface area contributed by atoms with Crippen LogP contribution < -0.4 is 5.32 Å². The van der Waals surface area contributed by atoms with Gasteiger partial charge in [-0.3, -0.25) is 9.59 Å². The Morgan fingerprint density at radius 1 is 1.21 bits per heavy atom. The van der Waals surface area contributed by atoms with Crippen LogP contribution in [0.4, 0.5) is 0 Å². The van der Waals surface area contributed by atoms with E-state index in [-0.39, 0.29) is 30.4 Å². The maximum absolute atomic E-state index is 13.0.